The first-order chi connectivity index (χ1) is 27.4. The Morgan fingerprint density at radius 2 is 0.911 bits per heavy atom. The molecule has 1 spiro atoms. The van der Waals surface area contributed by atoms with E-state index in [9.17, 15) is 0 Å². The van der Waals surface area contributed by atoms with Crippen LogP contribution >= 0.6 is 0 Å². The normalized spacial score (nSPS) is 13.5. The minimum Gasteiger partial charge on any atom is -0.277 e. The molecule has 2 aromatic heterocycles. The van der Waals surface area contributed by atoms with E-state index in [4.69, 9.17) is 15.0 Å². The van der Waals surface area contributed by atoms with E-state index in [0.29, 0.717) is 29.4 Å². The largest absolute Gasteiger partial charge is 0.277 e. The standard InChI is InChI=1S/C52H40N4/c1-31(2)33-21-25-35(26-22-33)49-53-50(36-27-23-34(24-28-36)32(3)4)55-51(54-49)56-46-20-12-8-15-39(46)40-29-30-45-47(48(40)56)41-16-7-11-19-44(41)52(45)42-17-9-5-13-37(42)38-14-6-10-18-43(38)52/h5-32H,1-4H3. The number of hydrogen-bond acceptors (Lipinski definition) is 3. The molecule has 0 saturated heterocycles. The van der Waals surface area contributed by atoms with Crippen molar-refractivity contribution in [1.82, 2.24) is 19.5 Å². The van der Waals surface area contributed by atoms with Crippen LogP contribution in [0.4, 0.5) is 0 Å². The number of benzene rings is 7. The maximum absolute atomic E-state index is 5.38. The van der Waals surface area contributed by atoms with Crippen molar-refractivity contribution in [2.45, 2.75) is 44.9 Å². The van der Waals surface area contributed by atoms with E-state index in [1.54, 1.807) is 0 Å². The molecule has 2 aliphatic carbocycles. The number of para-hydroxylation sites is 1. The Labute approximate surface area is 327 Å². The zero-order valence-electron chi connectivity index (χ0n) is 32.0. The Bertz CT molecular complexity index is 2910. The fourth-order valence-electron chi connectivity index (χ4n) is 9.60. The second-order valence-electron chi connectivity index (χ2n) is 16.0. The molecule has 0 bridgehead atoms. The molecule has 2 aliphatic rings. The summed E-state index contributed by atoms with van der Waals surface area (Å²) in [5.74, 6) is 2.77. The van der Waals surface area contributed by atoms with Crippen molar-refractivity contribution in [3.63, 3.8) is 0 Å². The van der Waals surface area contributed by atoms with Gasteiger partial charge >= 0.3 is 0 Å². The molecule has 268 valence electrons. The van der Waals surface area contributed by atoms with Crippen molar-refractivity contribution < 1.29 is 0 Å². The van der Waals surface area contributed by atoms with Crippen LogP contribution in [0.1, 0.15) is 72.9 Å². The maximum atomic E-state index is 5.38. The summed E-state index contributed by atoms with van der Waals surface area (Å²) in [7, 11) is 0. The monoisotopic (exact) mass is 720 g/mol. The fraction of sp³-hybridized carbons (Fsp3) is 0.135. The number of rotatable bonds is 5. The molecule has 0 amide bonds. The Morgan fingerprint density at radius 1 is 0.429 bits per heavy atom. The lowest BCUT2D eigenvalue weighted by molar-refractivity contribution is 0.794. The third-order valence-corrected chi connectivity index (χ3v) is 12.3. The first-order valence-corrected chi connectivity index (χ1v) is 19.8. The van der Waals surface area contributed by atoms with Crippen LogP contribution in [0.25, 0.3) is 72.8 Å². The molecule has 0 unspecified atom stereocenters. The number of fused-ring (bicyclic) bond motifs is 14. The van der Waals surface area contributed by atoms with Gasteiger partial charge in [0.05, 0.1) is 16.4 Å². The van der Waals surface area contributed by atoms with Gasteiger partial charge in [-0.15, -0.1) is 0 Å². The number of nitrogens with zero attached hydrogens (tertiary/aromatic N) is 4. The topological polar surface area (TPSA) is 43.6 Å². The Kier molecular flexibility index (Phi) is 7.12. The average molecular weight is 721 g/mol. The zero-order chi connectivity index (χ0) is 37.7. The van der Waals surface area contributed by atoms with E-state index in [-0.39, 0.29) is 0 Å². The molecule has 0 saturated carbocycles. The highest BCUT2D eigenvalue weighted by atomic mass is 15.2. The van der Waals surface area contributed by atoms with Crippen molar-refractivity contribution in [1.29, 1.82) is 0 Å². The maximum Gasteiger partial charge on any atom is 0.238 e. The summed E-state index contributed by atoms with van der Waals surface area (Å²) in [4.78, 5) is 15.9. The molecular weight excluding hydrogens is 681 g/mol. The Morgan fingerprint density at radius 3 is 1.46 bits per heavy atom. The average Bonchev–Trinajstić information content (AvgIpc) is 3.85. The molecule has 4 nitrogen and oxygen atoms in total. The van der Waals surface area contributed by atoms with Gasteiger partial charge in [0.2, 0.25) is 5.95 Å². The molecule has 0 N–H and O–H groups in total. The van der Waals surface area contributed by atoms with Gasteiger partial charge in [0.15, 0.2) is 11.6 Å². The van der Waals surface area contributed by atoms with Gasteiger partial charge in [0.25, 0.3) is 0 Å². The van der Waals surface area contributed by atoms with Crippen LogP contribution in [0, 0.1) is 0 Å². The quantitative estimate of drug-likeness (QED) is 0.178. The summed E-state index contributed by atoms with van der Waals surface area (Å²) < 4.78 is 2.31. The van der Waals surface area contributed by atoms with Gasteiger partial charge in [-0.25, -0.2) is 4.98 Å². The SMILES string of the molecule is CC(C)c1ccc(-c2nc(-c3ccc(C(C)C)cc3)nc(-n3c4ccccc4c4ccc5c(c43)-c3ccccc3C53c4ccccc4-c4ccccc43)n2)cc1. The minimum atomic E-state index is -0.458. The molecular formula is C52H40N4. The molecule has 0 radical (unpaired) electrons. The molecule has 0 aliphatic heterocycles. The predicted molar refractivity (Wildman–Crippen MR) is 230 cm³/mol. The Balaban J connectivity index is 1.25. The van der Waals surface area contributed by atoms with Crippen molar-refractivity contribution >= 4 is 21.8 Å². The smallest absolute Gasteiger partial charge is 0.238 e. The summed E-state index contributed by atoms with van der Waals surface area (Å²) in [6, 6.07) is 57.8. The summed E-state index contributed by atoms with van der Waals surface area (Å²) in [6.45, 7) is 8.89. The second-order valence-corrected chi connectivity index (χ2v) is 16.0. The van der Waals surface area contributed by atoms with Gasteiger partial charge in [-0.05, 0) is 68.0 Å². The van der Waals surface area contributed by atoms with Gasteiger partial charge in [0.1, 0.15) is 0 Å². The Hall–Kier alpha value is -6.65. The van der Waals surface area contributed by atoms with Crippen molar-refractivity contribution in [3.8, 4) is 51.0 Å². The van der Waals surface area contributed by atoms with Crippen LogP contribution in [-0.4, -0.2) is 19.5 Å². The van der Waals surface area contributed by atoms with Crippen LogP contribution < -0.4 is 0 Å². The highest BCUT2D eigenvalue weighted by Gasteiger charge is 2.52. The molecule has 7 aromatic carbocycles. The third-order valence-electron chi connectivity index (χ3n) is 12.3. The highest BCUT2D eigenvalue weighted by molar-refractivity contribution is 6.16. The van der Waals surface area contributed by atoms with Gasteiger partial charge in [-0.1, -0.05) is 179 Å². The molecule has 0 atom stereocenters. The van der Waals surface area contributed by atoms with Crippen LogP contribution in [-0.2, 0) is 5.41 Å². The number of hydrogen-bond donors (Lipinski definition) is 0. The summed E-state index contributed by atoms with van der Waals surface area (Å²) in [5.41, 5.74) is 16.5. The first kappa shape index (κ1) is 32.8. The van der Waals surface area contributed by atoms with E-state index in [1.165, 1.54) is 66.4 Å². The predicted octanol–water partition coefficient (Wildman–Crippen LogP) is 12.9. The molecule has 56 heavy (non-hydrogen) atoms. The summed E-state index contributed by atoms with van der Waals surface area (Å²) in [5, 5.41) is 2.35. The van der Waals surface area contributed by atoms with Crippen LogP contribution in [0.3, 0.4) is 0 Å². The van der Waals surface area contributed by atoms with E-state index in [1.807, 2.05) is 0 Å². The van der Waals surface area contributed by atoms with E-state index in [0.717, 1.165) is 22.2 Å². The van der Waals surface area contributed by atoms with Crippen LogP contribution in [0.2, 0.25) is 0 Å². The molecule has 2 heterocycles. The van der Waals surface area contributed by atoms with Gasteiger partial charge in [0, 0.05) is 27.5 Å². The zero-order valence-corrected chi connectivity index (χ0v) is 32.0. The molecule has 9 aromatic rings. The lowest BCUT2D eigenvalue weighted by atomic mass is 9.70. The second kappa shape index (κ2) is 12.2. The third kappa shape index (κ3) is 4.50. The van der Waals surface area contributed by atoms with Gasteiger partial charge < -0.3 is 0 Å². The van der Waals surface area contributed by atoms with Crippen LogP contribution in [0.15, 0.2) is 158 Å². The summed E-state index contributed by atoms with van der Waals surface area (Å²) in [6.07, 6.45) is 0. The van der Waals surface area contributed by atoms with Crippen molar-refractivity contribution in [2.24, 2.45) is 0 Å². The van der Waals surface area contributed by atoms with Crippen molar-refractivity contribution in [3.05, 3.63) is 191 Å². The van der Waals surface area contributed by atoms with E-state index in [2.05, 4.69) is 190 Å². The molecule has 4 heteroatoms. The molecule has 0 fully saturated rings. The first-order valence-electron chi connectivity index (χ1n) is 19.8. The summed E-state index contributed by atoms with van der Waals surface area (Å²) >= 11 is 0. The van der Waals surface area contributed by atoms with Crippen LogP contribution in [0.5, 0.6) is 0 Å². The lowest BCUT2D eigenvalue weighted by Gasteiger charge is -2.30. The van der Waals surface area contributed by atoms with Gasteiger partial charge in [-0.2, -0.15) is 9.97 Å². The fourth-order valence-corrected chi connectivity index (χ4v) is 9.60. The number of aromatic nitrogens is 4. The lowest BCUT2D eigenvalue weighted by Crippen LogP contribution is -2.25. The minimum absolute atomic E-state index is 0.428. The van der Waals surface area contributed by atoms with Crippen molar-refractivity contribution in [2.75, 3.05) is 0 Å². The van der Waals surface area contributed by atoms with Gasteiger partial charge in [-0.3, -0.25) is 4.57 Å². The molecule has 11 rings (SSSR count). The van der Waals surface area contributed by atoms with E-state index < -0.39 is 5.41 Å². The highest BCUT2D eigenvalue weighted by Crippen LogP contribution is 2.64. The van der Waals surface area contributed by atoms with E-state index >= 15 is 0 Å².